The number of rotatable bonds is 4. The lowest BCUT2D eigenvalue weighted by molar-refractivity contribution is 0.784. The quantitative estimate of drug-likeness (QED) is 0.831. The van der Waals surface area contributed by atoms with Crippen LogP contribution in [0.2, 0.25) is 0 Å². The van der Waals surface area contributed by atoms with E-state index in [1.54, 1.807) is 6.20 Å². The number of nitrogens with zero attached hydrogens (tertiary/aromatic N) is 3. The van der Waals surface area contributed by atoms with E-state index in [1.807, 2.05) is 30.2 Å². The van der Waals surface area contributed by atoms with Crippen LogP contribution in [-0.2, 0) is 26.4 Å². The minimum atomic E-state index is 0.503. The molecule has 2 heterocycles. The van der Waals surface area contributed by atoms with Gasteiger partial charge in [-0.25, -0.2) is 4.98 Å². The average Bonchev–Trinajstić information content (AvgIpc) is 2.69. The molecule has 2 aromatic heterocycles. The molecule has 0 aliphatic heterocycles. The van der Waals surface area contributed by atoms with Crippen LogP contribution in [0.25, 0.3) is 0 Å². The van der Waals surface area contributed by atoms with E-state index in [0.29, 0.717) is 6.54 Å². The lowest BCUT2D eigenvalue weighted by Gasteiger charge is -2.04. The Morgan fingerprint density at radius 1 is 1.38 bits per heavy atom. The Balaban J connectivity index is 2.07. The Labute approximate surface area is 95.1 Å². The van der Waals surface area contributed by atoms with Gasteiger partial charge in [0.25, 0.3) is 0 Å². The highest BCUT2D eigenvalue weighted by molar-refractivity contribution is 5.16. The standard InChI is InChI=1S/C12H16N4/c1-16-9-15-11(7-13)12(16)5-4-10-3-2-6-14-8-10/h2-3,6,8-9H,4-5,7,13H2,1H3. The third kappa shape index (κ3) is 2.28. The second-order valence-corrected chi connectivity index (χ2v) is 3.81. The molecule has 2 rings (SSSR count). The molecule has 0 amide bonds. The summed E-state index contributed by atoms with van der Waals surface area (Å²) in [6, 6.07) is 4.05. The van der Waals surface area contributed by atoms with Crippen LogP contribution in [0.1, 0.15) is 17.0 Å². The molecular weight excluding hydrogens is 200 g/mol. The third-order valence-electron chi connectivity index (χ3n) is 2.71. The summed E-state index contributed by atoms with van der Waals surface area (Å²) >= 11 is 0. The highest BCUT2D eigenvalue weighted by Crippen LogP contribution is 2.09. The molecule has 4 nitrogen and oxygen atoms in total. The smallest absolute Gasteiger partial charge is 0.0949 e. The largest absolute Gasteiger partial charge is 0.337 e. The van der Waals surface area contributed by atoms with E-state index < -0.39 is 0 Å². The van der Waals surface area contributed by atoms with E-state index in [2.05, 4.69) is 16.0 Å². The van der Waals surface area contributed by atoms with Crippen molar-refractivity contribution in [2.45, 2.75) is 19.4 Å². The van der Waals surface area contributed by atoms with Crippen molar-refractivity contribution >= 4 is 0 Å². The van der Waals surface area contributed by atoms with E-state index in [0.717, 1.165) is 18.5 Å². The molecule has 2 N–H and O–H groups in total. The van der Waals surface area contributed by atoms with Gasteiger partial charge in [-0.15, -0.1) is 0 Å². The van der Waals surface area contributed by atoms with Crippen LogP contribution in [0, 0.1) is 0 Å². The van der Waals surface area contributed by atoms with Crippen molar-refractivity contribution in [1.29, 1.82) is 0 Å². The summed E-state index contributed by atoms with van der Waals surface area (Å²) in [4.78, 5) is 8.37. The van der Waals surface area contributed by atoms with Crippen molar-refractivity contribution in [3.05, 3.63) is 47.8 Å². The summed E-state index contributed by atoms with van der Waals surface area (Å²) in [7, 11) is 2.00. The molecular formula is C12H16N4. The van der Waals surface area contributed by atoms with Crippen LogP contribution in [0.4, 0.5) is 0 Å². The summed E-state index contributed by atoms with van der Waals surface area (Å²) < 4.78 is 2.04. The maximum Gasteiger partial charge on any atom is 0.0949 e. The molecule has 84 valence electrons. The van der Waals surface area contributed by atoms with Gasteiger partial charge >= 0.3 is 0 Å². The maximum absolute atomic E-state index is 5.64. The monoisotopic (exact) mass is 216 g/mol. The van der Waals surface area contributed by atoms with E-state index in [-0.39, 0.29) is 0 Å². The fourth-order valence-corrected chi connectivity index (χ4v) is 1.80. The number of hydrogen-bond acceptors (Lipinski definition) is 3. The fourth-order valence-electron chi connectivity index (χ4n) is 1.80. The van der Waals surface area contributed by atoms with Gasteiger partial charge in [-0.05, 0) is 24.5 Å². The molecule has 2 aromatic rings. The van der Waals surface area contributed by atoms with Gasteiger partial charge in [0.15, 0.2) is 0 Å². The molecule has 0 saturated heterocycles. The van der Waals surface area contributed by atoms with Gasteiger partial charge in [-0.3, -0.25) is 4.98 Å². The Morgan fingerprint density at radius 2 is 2.25 bits per heavy atom. The molecule has 4 heteroatoms. The van der Waals surface area contributed by atoms with Gasteiger partial charge in [0.05, 0.1) is 12.0 Å². The SMILES string of the molecule is Cn1cnc(CN)c1CCc1cccnc1. The molecule has 0 spiro atoms. The van der Waals surface area contributed by atoms with Crippen LogP contribution in [0.15, 0.2) is 30.9 Å². The van der Waals surface area contributed by atoms with Gasteiger partial charge in [0.1, 0.15) is 0 Å². The van der Waals surface area contributed by atoms with Crippen molar-refractivity contribution in [3.8, 4) is 0 Å². The summed E-state index contributed by atoms with van der Waals surface area (Å²) in [5.41, 5.74) is 9.09. The summed E-state index contributed by atoms with van der Waals surface area (Å²) in [6.07, 6.45) is 7.44. The first-order chi connectivity index (χ1) is 7.81. The zero-order valence-electron chi connectivity index (χ0n) is 9.43. The Kier molecular flexibility index (Phi) is 3.31. The zero-order chi connectivity index (χ0) is 11.4. The Hall–Kier alpha value is -1.68. The summed E-state index contributed by atoms with van der Waals surface area (Å²) in [6.45, 7) is 0.503. The predicted octanol–water partition coefficient (Wildman–Crippen LogP) is 1.06. The molecule has 0 bridgehead atoms. The van der Waals surface area contributed by atoms with Crippen molar-refractivity contribution in [1.82, 2.24) is 14.5 Å². The molecule has 0 fully saturated rings. The van der Waals surface area contributed by atoms with Crippen molar-refractivity contribution in [2.24, 2.45) is 12.8 Å². The fraction of sp³-hybridized carbons (Fsp3) is 0.333. The van der Waals surface area contributed by atoms with Crippen LogP contribution in [0.5, 0.6) is 0 Å². The van der Waals surface area contributed by atoms with Gasteiger partial charge in [0.2, 0.25) is 0 Å². The van der Waals surface area contributed by atoms with Crippen molar-refractivity contribution in [2.75, 3.05) is 0 Å². The second kappa shape index (κ2) is 4.90. The van der Waals surface area contributed by atoms with Crippen LogP contribution >= 0.6 is 0 Å². The molecule has 0 saturated carbocycles. The highest BCUT2D eigenvalue weighted by atomic mass is 15.0. The van der Waals surface area contributed by atoms with Gasteiger partial charge < -0.3 is 10.3 Å². The Morgan fingerprint density at radius 3 is 2.94 bits per heavy atom. The zero-order valence-corrected chi connectivity index (χ0v) is 9.43. The van der Waals surface area contributed by atoms with E-state index in [4.69, 9.17) is 5.73 Å². The first-order valence-electron chi connectivity index (χ1n) is 5.39. The molecule has 0 aromatic carbocycles. The predicted molar refractivity (Wildman–Crippen MR) is 62.7 cm³/mol. The lowest BCUT2D eigenvalue weighted by atomic mass is 10.1. The van der Waals surface area contributed by atoms with Crippen molar-refractivity contribution < 1.29 is 0 Å². The topological polar surface area (TPSA) is 56.7 Å². The number of pyridine rings is 1. The summed E-state index contributed by atoms with van der Waals surface area (Å²) in [5, 5.41) is 0. The first kappa shape index (κ1) is 10.8. The minimum Gasteiger partial charge on any atom is -0.337 e. The summed E-state index contributed by atoms with van der Waals surface area (Å²) in [5.74, 6) is 0. The average molecular weight is 216 g/mol. The van der Waals surface area contributed by atoms with E-state index in [1.165, 1.54) is 11.3 Å². The molecule has 0 radical (unpaired) electrons. The highest BCUT2D eigenvalue weighted by Gasteiger charge is 2.07. The minimum absolute atomic E-state index is 0.503. The number of nitrogens with two attached hydrogens (primary N) is 1. The first-order valence-corrected chi connectivity index (χ1v) is 5.39. The van der Waals surface area contributed by atoms with E-state index in [9.17, 15) is 0 Å². The lowest BCUT2D eigenvalue weighted by Crippen LogP contribution is -2.05. The van der Waals surface area contributed by atoms with E-state index >= 15 is 0 Å². The van der Waals surface area contributed by atoms with Gasteiger partial charge in [-0.2, -0.15) is 0 Å². The van der Waals surface area contributed by atoms with Crippen LogP contribution in [-0.4, -0.2) is 14.5 Å². The van der Waals surface area contributed by atoms with Gasteiger partial charge in [0, 0.05) is 31.7 Å². The molecule has 0 aliphatic carbocycles. The molecule has 0 unspecified atom stereocenters. The Bertz CT molecular complexity index is 447. The third-order valence-corrected chi connectivity index (χ3v) is 2.71. The number of hydrogen-bond donors (Lipinski definition) is 1. The molecule has 0 atom stereocenters. The van der Waals surface area contributed by atoms with Crippen molar-refractivity contribution in [3.63, 3.8) is 0 Å². The number of aryl methyl sites for hydroxylation is 2. The second-order valence-electron chi connectivity index (χ2n) is 3.81. The van der Waals surface area contributed by atoms with Crippen LogP contribution in [0.3, 0.4) is 0 Å². The van der Waals surface area contributed by atoms with Crippen LogP contribution < -0.4 is 5.73 Å². The van der Waals surface area contributed by atoms with Gasteiger partial charge in [-0.1, -0.05) is 6.07 Å². The maximum atomic E-state index is 5.64. The molecule has 16 heavy (non-hydrogen) atoms. The normalized spacial score (nSPS) is 10.6. The molecule has 0 aliphatic rings. The number of aromatic nitrogens is 3. The number of imidazole rings is 1.